The number of rotatable bonds is 2. The molecule has 1 aromatic carbocycles. The van der Waals surface area contributed by atoms with Crippen molar-refractivity contribution in [2.75, 3.05) is 13.2 Å². The third-order valence-electron chi connectivity index (χ3n) is 4.94. The van der Waals surface area contributed by atoms with Crippen LogP contribution in [0.1, 0.15) is 50.5 Å². The Balaban J connectivity index is 1.42. The van der Waals surface area contributed by atoms with Crippen LogP contribution in [0.4, 0.5) is 4.79 Å². The maximum absolute atomic E-state index is 12.1. The summed E-state index contributed by atoms with van der Waals surface area (Å²) in [6.07, 6.45) is 7.90. The molecule has 2 aliphatic rings. The SMILES string of the molecule is O=C(NCC#Cc1ccccc1)N[C@H]1CCOC2(CCCCC2)C1. The van der Waals surface area contributed by atoms with Crippen molar-refractivity contribution in [3.8, 4) is 11.8 Å². The summed E-state index contributed by atoms with van der Waals surface area (Å²) < 4.78 is 6.07. The normalized spacial score (nSPS) is 22.2. The first kappa shape index (κ1) is 16.9. The molecule has 0 aromatic heterocycles. The zero-order chi connectivity index (χ0) is 16.7. The van der Waals surface area contributed by atoms with Crippen molar-refractivity contribution in [3.63, 3.8) is 0 Å². The topological polar surface area (TPSA) is 50.4 Å². The van der Waals surface area contributed by atoms with Crippen LogP contribution in [0, 0.1) is 11.8 Å². The van der Waals surface area contributed by atoms with E-state index in [1.807, 2.05) is 30.3 Å². The molecule has 24 heavy (non-hydrogen) atoms. The molecule has 1 heterocycles. The van der Waals surface area contributed by atoms with Gasteiger partial charge in [0.15, 0.2) is 0 Å². The highest BCUT2D eigenvalue weighted by molar-refractivity contribution is 5.74. The largest absolute Gasteiger partial charge is 0.375 e. The van der Waals surface area contributed by atoms with E-state index in [1.54, 1.807) is 0 Å². The fourth-order valence-electron chi connectivity index (χ4n) is 3.72. The molecule has 4 heteroatoms. The molecule has 1 aliphatic carbocycles. The third-order valence-corrected chi connectivity index (χ3v) is 4.94. The summed E-state index contributed by atoms with van der Waals surface area (Å²) in [6, 6.07) is 9.86. The standard InChI is InChI=1S/C20H26N2O2/c23-19(21-14-7-10-17-8-3-1-4-9-17)22-18-11-15-24-20(16-18)12-5-2-6-13-20/h1,3-4,8-9,18H,2,5-6,11-16H2,(H2,21,22,23)/t18-/m0/s1. The van der Waals surface area contributed by atoms with E-state index in [1.165, 1.54) is 19.3 Å². The van der Waals surface area contributed by atoms with Gasteiger partial charge in [-0.3, -0.25) is 0 Å². The summed E-state index contributed by atoms with van der Waals surface area (Å²) in [5.41, 5.74) is 0.977. The highest BCUT2D eigenvalue weighted by Crippen LogP contribution is 2.38. The van der Waals surface area contributed by atoms with E-state index in [0.29, 0.717) is 6.54 Å². The lowest BCUT2D eigenvalue weighted by molar-refractivity contribution is -0.107. The van der Waals surface area contributed by atoms with Crippen LogP contribution in [0.3, 0.4) is 0 Å². The number of hydrogen-bond donors (Lipinski definition) is 2. The molecule has 4 nitrogen and oxygen atoms in total. The van der Waals surface area contributed by atoms with Gasteiger partial charge in [-0.15, -0.1) is 0 Å². The van der Waals surface area contributed by atoms with Crippen LogP contribution in [-0.4, -0.2) is 30.8 Å². The van der Waals surface area contributed by atoms with Gasteiger partial charge < -0.3 is 15.4 Å². The van der Waals surface area contributed by atoms with E-state index in [9.17, 15) is 4.79 Å². The summed E-state index contributed by atoms with van der Waals surface area (Å²) in [4.78, 5) is 12.1. The van der Waals surface area contributed by atoms with Crippen LogP contribution in [0.5, 0.6) is 0 Å². The molecule has 2 amide bonds. The number of benzene rings is 1. The average Bonchev–Trinajstić information content (AvgIpc) is 2.60. The van der Waals surface area contributed by atoms with Crippen LogP contribution in [0.15, 0.2) is 30.3 Å². The van der Waals surface area contributed by atoms with Crippen LogP contribution in [0.25, 0.3) is 0 Å². The maximum atomic E-state index is 12.1. The Hall–Kier alpha value is -1.99. The summed E-state index contributed by atoms with van der Waals surface area (Å²) in [5, 5.41) is 5.92. The van der Waals surface area contributed by atoms with Gasteiger partial charge in [0.25, 0.3) is 0 Å². The Kier molecular flexibility index (Phi) is 5.77. The van der Waals surface area contributed by atoms with Gasteiger partial charge in [0.05, 0.1) is 12.1 Å². The van der Waals surface area contributed by atoms with E-state index in [2.05, 4.69) is 22.5 Å². The Morgan fingerprint density at radius 3 is 2.79 bits per heavy atom. The molecule has 1 atom stereocenters. The Morgan fingerprint density at radius 2 is 2.00 bits per heavy atom. The highest BCUT2D eigenvalue weighted by atomic mass is 16.5. The third kappa shape index (κ3) is 4.75. The molecule has 1 saturated carbocycles. The number of ether oxygens (including phenoxy) is 1. The van der Waals surface area contributed by atoms with Crippen molar-refractivity contribution in [1.82, 2.24) is 10.6 Å². The van der Waals surface area contributed by atoms with Crippen LogP contribution >= 0.6 is 0 Å². The fraction of sp³-hybridized carbons (Fsp3) is 0.550. The summed E-state index contributed by atoms with van der Waals surface area (Å²) in [5.74, 6) is 6.02. The summed E-state index contributed by atoms with van der Waals surface area (Å²) in [7, 11) is 0. The molecule has 3 rings (SSSR count). The molecule has 2 N–H and O–H groups in total. The van der Waals surface area contributed by atoms with E-state index in [0.717, 1.165) is 37.9 Å². The number of carbonyl (C=O) groups is 1. The number of nitrogens with one attached hydrogen (secondary N) is 2. The Morgan fingerprint density at radius 1 is 1.21 bits per heavy atom. The lowest BCUT2D eigenvalue weighted by Crippen LogP contribution is -2.51. The molecule has 1 spiro atoms. The zero-order valence-electron chi connectivity index (χ0n) is 14.1. The van der Waals surface area contributed by atoms with Crippen LogP contribution in [-0.2, 0) is 4.74 Å². The first-order valence-electron chi connectivity index (χ1n) is 8.98. The van der Waals surface area contributed by atoms with Crippen molar-refractivity contribution in [2.45, 2.75) is 56.6 Å². The zero-order valence-corrected chi connectivity index (χ0v) is 14.1. The molecule has 0 unspecified atom stereocenters. The van der Waals surface area contributed by atoms with E-state index < -0.39 is 0 Å². The minimum absolute atomic E-state index is 0.0154. The van der Waals surface area contributed by atoms with Crippen LogP contribution in [0.2, 0.25) is 0 Å². The van der Waals surface area contributed by atoms with Crippen molar-refractivity contribution in [3.05, 3.63) is 35.9 Å². The van der Waals surface area contributed by atoms with Gasteiger partial charge in [-0.25, -0.2) is 4.79 Å². The lowest BCUT2D eigenvalue weighted by Gasteiger charge is -2.43. The number of hydrogen-bond acceptors (Lipinski definition) is 2. The second kappa shape index (κ2) is 8.21. The Labute approximate surface area is 144 Å². The summed E-state index contributed by atoms with van der Waals surface area (Å²) >= 11 is 0. The predicted molar refractivity (Wildman–Crippen MR) is 94.6 cm³/mol. The molecular formula is C20H26N2O2. The highest BCUT2D eigenvalue weighted by Gasteiger charge is 2.38. The first-order valence-corrected chi connectivity index (χ1v) is 8.98. The molecule has 1 aliphatic heterocycles. The molecule has 2 fully saturated rings. The van der Waals surface area contributed by atoms with Gasteiger partial charge >= 0.3 is 6.03 Å². The smallest absolute Gasteiger partial charge is 0.315 e. The van der Waals surface area contributed by atoms with E-state index in [4.69, 9.17) is 4.74 Å². The lowest BCUT2D eigenvalue weighted by atomic mass is 9.78. The van der Waals surface area contributed by atoms with Crippen molar-refractivity contribution in [1.29, 1.82) is 0 Å². The molecule has 1 aromatic rings. The van der Waals surface area contributed by atoms with E-state index in [-0.39, 0.29) is 17.7 Å². The average molecular weight is 326 g/mol. The minimum atomic E-state index is -0.129. The maximum Gasteiger partial charge on any atom is 0.315 e. The summed E-state index contributed by atoms with van der Waals surface area (Å²) in [6.45, 7) is 1.11. The first-order chi connectivity index (χ1) is 11.8. The van der Waals surface area contributed by atoms with Gasteiger partial charge in [0.1, 0.15) is 0 Å². The van der Waals surface area contributed by atoms with Crippen molar-refractivity contribution < 1.29 is 9.53 Å². The van der Waals surface area contributed by atoms with E-state index >= 15 is 0 Å². The van der Waals surface area contributed by atoms with Gasteiger partial charge in [-0.1, -0.05) is 49.3 Å². The van der Waals surface area contributed by atoms with Gasteiger partial charge in [0.2, 0.25) is 0 Å². The number of carbonyl (C=O) groups excluding carboxylic acids is 1. The van der Waals surface area contributed by atoms with Gasteiger partial charge in [0, 0.05) is 18.2 Å². The quantitative estimate of drug-likeness (QED) is 0.820. The molecule has 1 saturated heterocycles. The predicted octanol–water partition coefficient (Wildman–Crippen LogP) is 3.22. The second-order valence-electron chi connectivity index (χ2n) is 6.78. The van der Waals surface area contributed by atoms with Crippen molar-refractivity contribution in [2.24, 2.45) is 0 Å². The molecule has 0 bridgehead atoms. The molecule has 128 valence electrons. The monoisotopic (exact) mass is 326 g/mol. The second-order valence-corrected chi connectivity index (χ2v) is 6.78. The van der Waals surface area contributed by atoms with Gasteiger partial charge in [-0.05, 0) is 37.8 Å². The number of urea groups is 1. The molecule has 0 radical (unpaired) electrons. The minimum Gasteiger partial charge on any atom is -0.375 e. The van der Waals surface area contributed by atoms with Crippen LogP contribution < -0.4 is 10.6 Å². The fourth-order valence-corrected chi connectivity index (χ4v) is 3.72. The molecular weight excluding hydrogens is 300 g/mol. The Bertz CT molecular complexity index is 592. The number of amides is 2. The van der Waals surface area contributed by atoms with Crippen molar-refractivity contribution >= 4 is 6.03 Å². The van der Waals surface area contributed by atoms with Gasteiger partial charge in [-0.2, -0.15) is 0 Å².